The molecule has 5 heteroatoms. The minimum absolute atomic E-state index is 0.799. The third kappa shape index (κ3) is 4.16. The molecule has 1 aliphatic heterocycles. The lowest BCUT2D eigenvalue weighted by atomic mass is 9.95. The Morgan fingerprint density at radius 2 is 1.18 bits per heavy atom. The molecule has 0 fully saturated rings. The fourth-order valence-corrected chi connectivity index (χ4v) is 6.61. The van der Waals surface area contributed by atoms with Gasteiger partial charge in [-0.25, -0.2) is 19.9 Å². The molecular formula is C40H27N5. The Labute approximate surface area is 260 Å². The van der Waals surface area contributed by atoms with Crippen molar-refractivity contribution < 1.29 is 0 Å². The molecule has 0 atom stereocenters. The lowest BCUT2D eigenvalue weighted by Gasteiger charge is -2.25. The zero-order chi connectivity index (χ0) is 29.9. The number of likely N-dealkylation sites (N-methyl/N-ethyl adjacent to an activating group) is 1. The molecule has 1 aliphatic rings. The summed E-state index contributed by atoms with van der Waals surface area (Å²) in [5.41, 5.74) is 11.6. The van der Waals surface area contributed by atoms with Gasteiger partial charge in [0.15, 0.2) is 0 Å². The zero-order valence-corrected chi connectivity index (χ0v) is 24.6. The van der Waals surface area contributed by atoms with Crippen LogP contribution in [0, 0.1) is 0 Å². The van der Waals surface area contributed by atoms with Gasteiger partial charge in [-0.1, -0.05) is 103 Å². The summed E-state index contributed by atoms with van der Waals surface area (Å²) >= 11 is 0. The minimum Gasteiger partial charge on any atom is -0.369 e. The van der Waals surface area contributed by atoms with E-state index in [1.807, 2.05) is 30.3 Å². The predicted molar refractivity (Wildman–Crippen MR) is 186 cm³/mol. The van der Waals surface area contributed by atoms with Crippen molar-refractivity contribution in [3.8, 4) is 33.9 Å². The van der Waals surface area contributed by atoms with E-state index in [9.17, 15) is 0 Å². The monoisotopic (exact) mass is 577 g/mol. The average molecular weight is 578 g/mol. The van der Waals surface area contributed by atoms with Gasteiger partial charge in [0, 0.05) is 40.7 Å². The zero-order valence-electron chi connectivity index (χ0n) is 24.6. The summed E-state index contributed by atoms with van der Waals surface area (Å²) in [6, 6.07) is 42.0. The highest BCUT2D eigenvalue weighted by Crippen LogP contribution is 2.38. The summed E-state index contributed by atoms with van der Waals surface area (Å²) in [6.07, 6.45) is 4.36. The number of hydrogen-bond donors (Lipinski definition) is 0. The molecule has 4 aromatic carbocycles. The number of aromatic nitrogens is 4. The number of hydrogen-bond acceptors (Lipinski definition) is 5. The van der Waals surface area contributed by atoms with E-state index in [-0.39, 0.29) is 0 Å². The van der Waals surface area contributed by atoms with E-state index in [4.69, 9.17) is 19.9 Å². The van der Waals surface area contributed by atoms with Crippen LogP contribution in [0.15, 0.2) is 127 Å². The molecule has 0 unspecified atom stereocenters. The molecule has 8 aromatic rings. The number of rotatable bonds is 3. The third-order valence-electron chi connectivity index (χ3n) is 8.77. The van der Waals surface area contributed by atoms with E-state index in [0.29, 0.717) is 0 Å². The maximum atomic E-state index is 5.21. The Hall–Kier alpha value is -5.94. The van der Waals surface area contributed by atoms with Crippen LogP contribution < -0.4 is 4.90 Å². The predicted octanol–water partition coefficient (Wildman–Crippen LogP) is 9.34. The molecule has 0 N–H and O–H groups in total. The van der Waals surface area contributed by atoms with Gasteiger partial charge in [0.25, 0.3) is 0 Å². The molecule has 0 amide bonds. The largest absolute Gasteiger partial charge is 0.369 e. The topological polar surface area (TPSA) is 54.8 Å². The molecule has 0 saturated heterocycles. The Kier molecular flexibility index (Phi) is 5.72. The summed E-state index contributed by atoms with van der Waals surface area (Å²) in [6.45, 7) is 0.867. The molecule has 45 heavy (non-hydrogen) atoms. The van der Waals surface area contributed by atoms with E-state index in [1.165, 1.54) is 11.1 Å². The quantitative estimate of drug-likeness (QED) is 0.155. The van der Waals surface area contributed by atoms with Crippen LogP contribution in [0.2, 0.25) is 0 Å². The van der Waals surface area contributed by atoms with Gasteiger partial charge in [-0.2, -0.15) is 0 Å². The molecule has 0 radical (unpaired) electrons. The van der Waals surface area contributed by atoms with E-state index >= 15 is 0 Å². The molecule has 0 aliphatic carbocycles. The van der Waals surface area contributed by atoms with Crippen LogP contribution in [-0.4, -0.2) is 33.5 Å². The summed E-state index contributed by atoms with van der Waals surface area (Å²) in [7, 11) is 2.12. The second-order valence-electron chi connectivity index (χ2n) is 11.6. The van der Waals surface area contributed by atoms with Crippen molar-refractivity contribution in [3.63, 3.8) is 0 Å². The van der Waals surface area contributed by atoms with Crippen LogP contribution >= 0.6 is 0 Å². The molecule has 212 valence electrons. The first-order chi connectivity index (χ1) is 22.2. The van der Waals surface area contributed by atoms with Crippen LogP contribution in [0.4, 0.5) is 5.69 Å². The number of nitrogens with zero attached hydrogens (tertiary/aromatic N) is 5. The smallest absolute Gasteiger partial charge is 0.0978 e. The van der Waals surface area contributed by atoms with Crippen LogP contribution in [0.1, 0.15) is 5.56 Å². The van der Waals surface area contributed by atoms with Gasteiger partial charge in [-0.05, 0) is 41.5 Å². The molecular weight excluding hydrogens is 550 g/mol. The van der Waals surface area contributed by atoms with E-state index < -0.39 is 0 Å². The number of para-hydroxylation sites is 1. The second kappa shape index (κ2) is 10.1. The van der Waals surface area contributed by atoms with Crippen molar-refractivity contribution >= 4 is 55.4 Å². The van der Waals surface area contributed by atoms with E-state index in [1.54, 1.807) is 0 Å². The summed E-state index contributed by atoms with van der Waals surface area (Å²) in [5.74, 6) is 0. The first-order valence-electron chi connectivity index (χ1n) is 15.2. The average Bonchev–Trinajstić information content (AvgIpc) is 3.10. The SMILES string of the molecule is CN1CC=Cc2ccc3ccc(-c4cccc(-c5ccc6ccc7c(-c8ccccc8)c8ccccc8nc7c6n5)n4)nc3c21. The third-order valence-corrected chi connectivity index (χ3v) is 8.77. The fraction of sp³-hybridized carbons (Fsp3) is 0.0500. The Balaban J connectivity index is 1.21. The van der Waals surface area contributed by atoms with Crippen molar-refractivity contribution in [3.05, 3.63) is 133 Å². The number of fused-ring (bicyclic) bond motifs is 7. The molecule has 0 saturated carbocycles. The maximum absolute atomic E-state index is 5.21. The summed E-state index contributed by atoms with van der Waals surface area (Å²) in [5, 5.41) is 4.38. The van der Waals surface area contributed by atoms with Gasteiger partial charge >= 0.3 is 0 Å². The number of benzene rings is 4. The summed E-state index contributed by atoms with van der Waals surface area (Å²) < 4.78 is 0. The molecule has 4 aromatic heterocycles. The minimum atomic E-state index is 0.799. The van der Waals surface area contributed by atoms with Gasteiger partial charge < -0.3 is 4.90 Å². The van der Waals surface area contributed by atoms with Crippen molar-refractivity contribution in [1.29, 1.82) is 0 Å². The Morgan fingerprint density at radius 3 is 2.00 bits per heavy atom. The van der Waals surface area contributed by atoms with Crippen molar-refractivity contribution in [1.82, 2.24) is 19.9 Å². The van der Waals surface area contributed by atoms with Gasteiger partial charge in [0.05, 0.1) is 50.5 Å². The van der Waals surface area contributed by atoms with Gasteiger partial charge in [-0.15, -0.1) is 0 Å². The highest BCUT2D eigenvalue weighted by molar-refractivity contribution is 6.16. The highest BCUT2D eigenvalue weighted by Gasteiger charge is 2.17. The molecule has 0 bridgehead atoms. The van der Waals surface area contributed by atoms with Gasteiger partial charge in [-0.3, -0.25) is 0 Å². The maximum Gasteiger partial charge on any atom is 0.0978 e. The van der Waals surface area contributed by atoms with Crippen molar-refractivity contribution in [2.75, 3.05) is 18.5 Å². The number of pyridine rings is 4. The van der Waals surface area contributed by atoms with Crippen LogP contribution in [0.25, 0.3) is 83.6 Å². The normalized spacial score (nSPS) is 12.8. The first kappa shape index (κ1) is 25.5. The van der Waals surface area contributed by atoms with Crippen LogP contribution in [0.3, 0.4) is 0 Å². The highest BCUT2D eigenvalue weighted by atomic mass is 15.1. The second-order valence-corrected chi connectivity index (χ2v) is 11.6. The molecule has 9 rings (SSSR count). The first-order valence-corrected chi connectivity index (χ1v) is 15.2. The van der Waals surface area contributed by atoms with Gasteiger partial charge in [0.1, 0.15) is 0 Å². The Morgan fingerprint density at radius 1 is 0.511 bits per heavy atom. The summed E-state index contributed by atoms with van der Waals surface area (Å²) in [4.78, 5) is 22.8. The van der Waals surface area contributed by atoms with Crippen molar-refractivity contribution in [2.45, 2.75) is 0 Å². The standard InChI is InChI=1S/C40H27N5/c1-45-24-8-11-28-17-16-27-20-23-35(44-38(27)40(28)45)33-15-7-14-32(41-33)34-22-19-26-18-21-30-36(25-9-3-2-4-10-25)29-12-5-6-13-31(29)42-39(30)37(26)43-34/h2-23H,24H2,1H3. The van der Waals surface area contributed by atoms with Crippen LogP contribution in [0.5, 0.6) is 0 Å². The van der Waals surface area contributed by atoms with E-state index in [0.717, 1.165) is 84.2 Å². The van der Waals surface area contributed by atoms with Crippen molar-refractivity contribution in [2.24, 2.45) is 0 Å². The lowest BCUT2D eigenvalue weighted by molar-refractivity contribution is 1.02. The fourth-order valence-electron chi connectivity index (χ4n) is 6.61. The molecule has 5 heterocycles. The van der Waals surface area contributed by atoms with Crippen LogP contribution in [-0.2, 0) is 0 Å². The molecule has 5 nitrogen and oxygen atoms in total. The van der Waals surface area contributed by atoms with Gasteiger partial charge in [0.2, 0.25) is 0 Å². The lowest BCUT2D eigenvalue weighted by Crippen LogP contribution is -2.20. The Bertz CT molecular complexity index is 2480. The van der Waals surface area contributed by atoms with E-state index in [2.05, 4.69) is 115 Å². The molecule has 0 spiro atoms. The number of anilines is 1.